The van der Waals surface area contributed by atoms with Crippen LogP contribution in [-0.2, 0) is 0 Å². The first kappa shape index (κ1) is 20.0. The smallest absolute Gasteiger partial charge is 0.175 e. The van der Waals surface area contributed by atoms with Gasteiger partial charge in [0.15, 0.2) is 5.11 Å². The highest BCUT2D eigenvalue weighted by molar-refractivity contribution is 7.80. The molecule has 0 aliphatic carbocycles. The van der Waals surface area contributed by atoms with Crippen LogP contribution in [0, 0.1) is 11.8 Å². The minimum atomic E-state index is 0.506. The van der Waals surface area contributed by atoms with Crippen LogP contribution in [0.25, 0.3) is 0 Å². The van der Waals surface area contributed by atoms with Crippen LogP contribution in [0.5, 0.6) is 11.5 Å². The molecule has 0 saturated heterocycles. The Morgan fingerprint density at radius 2 is 1.08 bits per heavy atom. The van der Waals surface area contributed by atoms with Crippen LogP contribution in [0.15, 0.2) is 48.5 Å². The van der Waals surface area contributed by atoms with Crippen LogP contribution >= 0.6 is 12.2 Å². The number of rotatable bonds is 8. The molecule has 140 valence electrons. The Balaban J connectivity index is 1.82. The molecule has 0 aliphatic heterocycles. The fraction of sp³-hybridized carbons (Fsp3) is 0.381. The maximum Gasteiger partial charge on any atom is 0.175 e. The van der Waals surface area contributed by atoms with Crippen LogP contribution in [0.3, 0.4) is 0 Å². The summed E-state index contributed by atoms with van der Waals surface area (Å²) in [6.07, 6.45) is 0. The number of ether oxygens (including phenoxy) is 2. The van der Waals surface area contributed by atoms with E-state index < -0.39 is 0 Å². The maximum absolute atomic E-state index is 5.68. The van der Waals surface area contributed by atoms with Gasteiger partial charge in [0.05, 0.1) is 13.2 Å². The van der Waals surface area contributed by atoms with Gasteiger partial charge in [-0.05, 0) is 72.6 Å². The molecule has 0 radical (unpaired) electrons. The lowest BCUT2D eigenvalue weighted by atomic mass is 10.2. The van der Waals surface area contributed by atoms with Crippen molar-refractivity contribution in [1.82, 2.24) is 0 Å². The van der Waals surface area contributed by atoms with Crippen LogP contribution in [0.4, 0.5) is 11.4 Å². The average Bonchev–Trinajstić information content (AvgIpc) is 2.60. The van der Waals surface area contributed by atoms with E-state index >= 15 is 0 Å². The van der Waals surface area contributed by atoms with Crippen LogP contribution in [0.1, 0.15) is 27.7 Å². The highest BCUT2D eigenvalue weighted by atomic mass is 32.1. The normalized spacial score (nSPS) is 10.7. The summed E-state index contributed by atoms with van der Waals surface area (Å²) in [7, 11) is 0. The zero-order valence-electron chi connectivity index (χ0n) is 15.9. The lowest BCUT2D eigenvalue weighted by Gasteiger charge is -2.13. The summed E-state index contributed by atoms with van der Waals surface area (Å²) in [5.41, 5.74) is 1.83. The number of benzene rings is 2. The monoisotopic (exact) mass is 372 g/mol. The van der Waals surface area contributed by atoms with E-state index in [4.69, 9.17) is 21.7 Å². The number of hydrogen-bond acceptors (Lipinski definition) is 3. The van der Waals surface area contributed by atoms with E-state index in [0.29, 0.717) is 30.2 Å². The van der Waals surface area contributed by atoms with E-state index in [9.17, 15) is 0 Å². The van der Waals surface area contributed by atoms with Crippen LogP contribution < -0.4 is 20.1 Å². The quantitative estimate of drug-likeness (QED) is 0.593. The molecule has 2 rings (SSSR count). The van der Waals surface area contributed by atoms with Crippen LogP contribution in [-0.4, -0.2) is 18.3 Å². The molecule has 4 nitrogen and oxygen atoms in total. The Kier molecular flexibility index (Phi) is 7.73. The minimum absolute atomic E-state index is 0.506. The first-order valence-electron chi connectivity index (χ1n) is 8.96. The SMILES string of the molecule is CC(C)COc1ccc(NC(=S)Nc2ccc(OCC(C)C)cc2)cc1. The summed E-state index contributed by atoms with van der Waals surface area (Å²) in [5.74, 6) is 2.73. The van der Waals surface area contributed by atoms with Crippen molar-refractivity contribution >= 4 is 28.7 Å². The molecule has 5 heteroatoms. The van der Waals surface area contributed by atoms with Crippen molar-refractivity contribution in [1.29, 1.82) is 0 Å². The van der Waals surface area contributed by atoms with Gasteiger partial charge in [0.1, 0.15) is 11.5 Å². The van der Waals surface area contributed by atoms with Crippen LogP contribution in [0.2, 0.25) is 0 Å². The molecule has 26 heavy (non-hydrogen) atoms. The number of nitrogens with one attached hydrogen (secondary N) is 2. The molecule has 2 aromatic carbocycles. The zero-order chi connectivity index (χ0) is 18.9. The third-order valence-electron chi connectivity index (χ3n) is 3.39. The maximum atomic E-state index is 5.68. The molecule has 0 spiro atoms. The predicted molar refractivity (Wildman–Crippen MR) is 113 cm³/mol. The summed E-state index contributed by atoms with van der Waals surface area (Å²) in [6, 6.07) is 15.6. The second-order valence-corrected chi connectivity index (χ2v) is 7.45. The summed E-state index contributed by atoms with van der Waals surface area (Å²) in [5, 5.41) is 6.88. The van der Waals surface area contributed by atoms with Gasteiger partial charge in [-0.2, -0.15) is 0 Å². The molecule has 0 unspecified atom stereocenters. The molecule has 0 fully saturated rings. The second kappa shape index (κ2) is 10.0. The summed E-state index contributed by atoms with van der Waals surface area (Å²) in [6.45, 7) is 9.94. The first-order chi connectivity index (χ1) is 12.4. The van der Waals surface area contributed by atoms with Gasteiger partial charge in [-0.25, -0.2) is 0 Å². The van der Waals surface area contributed by atoms with Gasteiger partial charge in [-0.3, -0.25) is 0 Å². The van der Waals surface area contributed by atoms with Gasteiger partial charge in [-0.15, -0.1) is 0 Å². The molecule has 2 N–H and O–H groups in total. The Morgan fingerprint density at radius 3 is 1.38 bits per heavy atom. The molecule has 0 atom stereocenters. The highest BCUT2D eigenvalue weighted by Crippen LogP contribution is 2.19. The lowest BCUT2D eigenvalue weighted by molar-refractivity contribution is 0.271. The Hall–Kier alpha value is -2.27. The topological polar surface area (TPSA) is 42.5 Å². The van der Waals surface area contributed by atoms with Crippen molar-refractivity contribution in [3.8, 4) is 11.5 Å². The largest absolute Gasteiger partial charge is 0.493 e. The van der Waals surface area contributed by atoms with Gasteiger partial charge in [-0.1, -0.05) is 27.7 Å². The second-order valence-electron chi connectivity index (χ2n) is 7.04. The number of anilines is 2. The third kappa shape index (κ3) is 7.31. The van der Waals surface area contributed by atoms with Crippen molar-refractivity contribution in [2.45, 2.75) is 27.7 Å². The fourth-order valence-corrected chi connectivity index (χ4v) is 2.32. The summed E-state index contributed by atoms with van der Waals surface area (Å²) < 4.78 is 11.4. The van der Waals surface area contributed by atoms with Gasteiger partial charge < -0.3 is 20.1 Å². The summed E-state index contributed by atoms with van der Waals surface area (Å²) >= 11 is 5.37. The number of thiocarbonyl (C=S) groups is 1. The minimum Gasteiger partial charge on any atom is -0.493 e. The van der Waals surface area contributed by atoms with Crippen molar-refractivity contribution in [3.63, 3.8) is 0 Å². The predicted octanol–water partition coefficient (Wildman–Crippen LogP) is 5.57. The molecular weight excluding hydrogens is 344 g/mol. The van der Waals surface area contributed by atoms with Gasteiger partial charge >= 0.3 is 0 Å². The van der Waals surface area contributed by atoms with E-state index in [1.807, 2.05) is 48.5 Å². The Morgan fingerprint density at radius 1 is 0.731 bits per heavy atom. The molecule has 2 aromatic rings. The average molecular weight is 373 g/mol. The summed E-state index contributed by atoms with van der Waals surface area (Å²) in [4.78, 5) is 0. The van der Waals surface area contributed by atoms with E-state index in [2.05, 4.69) is 38.3 Å². The van der Waals surface area contributed by atoms with E-state index in [0.717, 1.165) is 22.9 Å². The van der Waals surface area contributed by atoms with E-state index in [1.165, 1.54) is 0 Å². The van der Waals surface area contributed by atoms with Crippen molar-refractivity contribution in [3.05, 3.63) is 48.5 Å². The van der Waals surface area contributed by atoms with E-state index in [-0.39, 0.29) is 0 Å². The molecule has 0 aliphatic rings. The molecular formula is C21H28N2O2S. The van der Waals surface area contributed by atoms with E-state index in [1.54, 1.807) is 0 Å². The van der Waals surface area contributed by atoms with Crippen molar-refractivity contribution in [2.75, 3.05) is 23.8 Å². The third-order valence-corrected chi connectivity index (χ3v) is 3.60. The van der Waals surface area contributed by atoms with Gasteiger partial charge in [0.25, 0.3) is 0 Å². The molecule has 0 heterocycles. The standard InChI is InChI=1S/C21H28N2O2S/c1-15(2)13-24-19-9-5-17(6-10-19)22-21(26)23-18-7-11-20(12-8-18)25-14-16(3)4/h5-12,15-16H,13-14H2,1-4H3,(H2,22,23,26). The lowest BCUT2D eigenvalue weighted by Crippen LogP contribution is -2.19. The molecule has 0 aromatic heterocycles. The number of hydrogen-bond donors (Lipinski definition) is 2. The molecule has 0 amide bonds. The molecule has 0 bridgehead atoms. The Labute approximate surface area is 161 Å². The van der Waals surface area contributed by atoms with Crippen molar-refractivity contribution < 1.29 is 9.47 Å². The van der Waals surface area contributed by atoms with Crippen molar-refractivity contribution in [2.24, 2.45) is 11.8 Å². The highest BCUT2D eigenvalue weighted by Gasteiger charge is 2.02. The van der Waals surface area contributed by atoms with Gasteiger partial charge in [0.2, 0.25) is 0 Å². The zero-order valence-corrected chi connectivity index (χ0v) is 16.7. The first-order valence-corrected chi connectivity index (χ1v) is 9.37. The van der Waals surface area contributed by atoms with Gasteiger partial charge in [0, 0.05) is 11.4 Å². The fourth-order valence-electron chi connectivity index (χ4n) is 2.09. The molecule has 0 saturated carbocycles. The Bertz CT molecular complexity index is 623.